The van der Waals surface area contributed by atoms with Gasteiger partial charge in [-0.1, -0.05) is 15.9 Å². The van der Waals surface area contributed by atoms with Crippen LogP contribution in [0.3, 0.4) is 0 Å². The molecule has 1 aromatic carbocycles. The van der Waals surface area contributed by atoms with Gasteiger partial charge in [-0.2, -0.15) is 0 Å². The van der Waals surface area contributed by atoms with E-state index in [1.807, 2.05) is 0 Å². The Labute approximate surface area is 118 Å². The van der Waals surface area contributed by atoms with Crippen LogP contribution < -0.4 is 10.1 Å². The maximum atomic E-state index is 5.88. The van der Waals surface area contributed by atoms with E-state index in [-0.39, 0.29) is 0 Å². The molecule has 0 aliphatic carbocycles. The molecule has 100 valence electrons. The molecular weight excluding hydrogens is 290 g/mol. The number of piperidine rings is 1. The van der Waals surface area contributed by atoms with E-state index in [9.17, 15) is 0 Å². The van der Waals surface area contributed by atoms with Gasteiger partial charge < -0.3 is 10.1 Å². The molecule has 1 unspecified atom stereocenters. The third-order valence-corrected chi connectivity index (χ3v) is 4.85. The molecule has 1 aromatic rings. The summed E-state index contributed by atoms with van der Waals surface area (Å²) in [5, 5.41) is 3.45. The second-order valence-corrected chi connectivity index (χ2v) is 6.01. The Morgan fingerprint density at radius 3 is 2.67 bits per heavy atom. The van der Waals surface area contributed by atoms with Gasteiger partial charge in [0.2, 0.25) is 0 Å². The molecule has 1 aliphatic rings. The Bertz CT molecular complexity index is 376. The molecule has 0 aromatic heterocycles. The van der Waals surface area contributed by atoms with Gasteiger partial charge in [-0.3, -0.25) is 0 Å². The van der Waals surface area contributed by atoms with Crippen molar-refractivity contribution in [3.8, 4) is 5.75 Å². The van der Waals surface area contributed by atoms with Crippen LogP contribution in [-0.2, 0) is 0 Å². The highest BCUT2D eigenvalue weighted by Gasteiger charge is 2.12. The number of aryl methyl sites for hydroxylation is 2. The van der Waals surface area contributed by atoms with Gasteiger partial charge in [0.15, 0.2) is 0 Å². The molecule has 1 atom stereocenters. The van der Waals surface area contributed by atoms with Crippen molar-refractivity contribution in [2.75, 3.05) is 19.7 Å². The van der Waals surface area contributed by atoms with E-state index in [4.69, 9.17) is 4.74 Å². The van der Waals surface area contributed by atoms with Crippen molar-refractivity contribution in [2.45, 2.75) is 33.1 Å². The first-order valence-electron chi connectivity index (χ1n) is 6.77. The van der Waals surface area contributed by atoms with E-state index >= 15 is 0 Å². The summed E-state index contributed by atoms with van der Waals surface area (Å²) in [6.07, 6.45) is 3.80. The maximum Gasteiger partial charge on any atom is 0.119 e. The van der Waals surface area contributed by atoms with E-state index in [2.05, 4.69) is 47.2 Å². The van der Waals surface area contributed by atoms with E-state index < -0.39 is 0 Å². The Balaban J connectivity index is 1.82. The average Bonchev–Trinajstić information content (AvgIpc) is 2.37. The number of halogens is 1. The summed E-state index contributed by atoms with van der Waals surface area (Å²) in [6.45, 7) is 7.38. The molecule has 1 N–H and O–H groups in total. The largest absolute Gasteiger partial charge is 0.494 e. The van der Waals surface area contributed by atoms with Crippen LogP contribution in [0.1, 0.15) is 30.4 Å². The lowest BCUT2D eigenvalue weighted by Gasteiger charge is -2.22. The first kappa shape index (κ1) is 13.9. The van der Waals surface area contributed by atoms with Crippen LogP contribution in [0, 0.1) is 19.8 Å². The number of nitrogens with one attached hydrogen (secondary N) is 1. The fourth-order valence-electron chi connectivity index (χ4n) is 2.50. The molecule has 0 radical (unpaired) electrons. The minimum atomic E-state index is 0.788. The number of rotatable bonds is 4. The quantitative estimate of drug-likeness (QED) is 0.912. The molecule has 0 spiro atoms. The minimum absolute atomic E-state index is 0.788. The van der Waals surface area contributed by atoms with Gasteiger partial charge in [-0.15, -0.1) is 0 Å². The zero-order valence-corrected chi connectivity index (χ0v) is 12.8. The predicted molar refractivity (Wildman–Crippen MR) is 79.3 cm³/mol. The molecule has 1 saturated heterocycles. The fraction of sp³-hybridized carbons (Fsp3) is 0.600. The van der Waals surface area contributed by atoms with Crippen molar-refractivity contribution < 1.29 is 4.74 Å². The van der Waals surface area contributed by atoms with Crippen molar-refractivity contribution >= 4 is 15.9 Å². The molecule has 0 amide bonds. The van der Waals surface area contributed by atoms with Gasteiger partial charge in [0, 0.05) is 4.47 Å². The SMILES string of the molecule is Cc1cc(OCCC2CCCNC2)cc(C)c1Br. The van der Waals surface area contributed by atoms with Gasteiger partial charge in [-0.05, 0) is 75.4 Å². The van der Waals surface area contributed by atoms with Crippen LogP contribution in [0.2, 0.25) is 0 Å². The van der Waals surface area contributed by atoms with Crippen LogP contribution in [0.4, 0.5) is 0 Å². The number of ether oxygens (including phenoxy) is 1. The molecule has 2 rings (SSSR count). The lowest BCUT2D eigenvalue weighted by atomic mass is 9.97. The van der Waals surface area contributed by atoms with E-state index in [0.717, 1.165) is 31.2 Å². The Hall–Kier alpha value is -0.540. The topological polar surface area (TPSA) is 21.3 Å². The van der Waals surface area contributed by atoms with Crippen molar-refractivity contribution in [3.63, 3.8) is 0 Å². The molecular formula is C15H22BrNO. The molecule has 0 bridgehead atoms. The summed E-state index contributed by atoms with van der Waals surface area (Å²) in [5.41, 5.74) is 2.48. The van der Waals surface area contributed by atoms with E-state index in [0.29, 0.717) is 0 Å². The van der Waals surface area contributed by atoms with Gasteiger partial charge >= 0.3 is 0 Å². The van der Waals surface area contributed by atoms with Crippen LogP contribution >= 0.6 is 15.9 Å². The summed E-state index contributed by atoms with van der Waals surface area (Å²) < 4.78 is 7.06. The molecule has 1 fully saturated rings. The lowest BCUT2D eigenvalue weighted by molar-refractivity contribution is 0.254. The zero-order chi connectivity index (χ0) is 13.0. The minimum Gasteiger partial charge on any atom is -0.494 e. The summed E-state index contributed by atoms with van der Waals surface area (Å²) in [7, 11) is 0. The monoisotopic (exact) mass is 311 g/mol. The van der Waals surface area contributed by atoms with Crippen LogP contribution in [0.5, 0.6) is 5.75 Å². The van der Waals surface area contributed by atoms with Gasteiger partial charge in [0.25, 0.3) is 0 Å². The van der Waals surface area contributed by atoms with Crippen molar-refractivity contribution in [2.24, 2.45) is 5.92 Å². The maximum absolute atomic E-state index is 5.88. The molecule has 0 saturated carbocycles. The highest BCUT2D eigenvalue weighted by atomic mass is 79.9. The third kappa shape index (κ3) is 3.72. The van der Waals surface area contributed by atoms with Gasteiger partial charge in [0.1, 0.15) is 5.75 Å². The van der Waals surface area contributed by atoms with Gasteiger partial charge in [0.05, 0.1) is 6.61 Å². The number of benzene rings is 1. The highest BCUT2D eigenvalue weighted by molar-refractivity contribution is 9.10. The Morgan fingerprint density at radius 1 is 1.33 bits per heavy atom. The summed E-state index contributed by atoms with van der Waals surface area (Å²) in [6, 6.07) is 4.21. The van der Waals surface area contributed by atoms with Crippen molar-refractivity contribution in [3.05, 3.63) is 27.7 Å². The summed E-state index contributed by atoms with van der Waals surface area (Å²) in [4.78, 5) is 0. The highest BCUT2D eigenvalue weighted by Crippen LogP contribution is 2.26. The van der Waals surface area contributed by atoms with Crippen molar-refractivity contribution in [1.29, 1.82) is 0 Å². The molecule has 2 nitrogen and oxygen atoms in total. The van der Waals surface area contributed by atoms with Crippen LogP contribution in [0.25, 0.3) is 0 Å². The standard InChI is InChI=1S/C15H22BrNO/c1-11-8-14(9-12(2)15(11)16)18-7-5-13-4-3-6-17-10-13/h8-9,13,17H,3-7,10H2,1-2H3. The average molecular weight is 312 g/mol. The molecule has 3 heteroatoms. The second kappa shape index (κ2) is 6.58. The summed E-state index contributed by atoms with van der Waals surface area (Å²) >= 11 is 3.58. The summed E-state index contributed by atoms with van der Waals surface area (Å²) in [5.74, 6) is 1.79. The second-order valence-electron chi connectivity index (χ2n) is 5.22. The Kier molecular flexibility index (Phi) is 5.07. The van der Waals surface area contributed by atoms with E-state index in [1.165, 1.54) is 35.0 Å². The first-order valence-corrected chi connectivity index (χ1v) is 7.56. The van der Waals surface area contributed by atoms with Crippen molar-refractivity contribution in [1.82, 2.24) is 5.32 Å². The predicted octanol–water partition coefficient (Wildman–Crippen LogP) is 3.83. The normalized spacial score (nSPS) is 19.8. The lowest BCUT2D eigenvalue weighted by Crippen LogP contribution is -2.30. The van der Waals surface area contributed by atoms with E-state index in [1.54, 1.807) is 0 Å². The van der Waals surface area contributed by atoms with Gasteiger partial charge in [-0.25, -0.2) is 0 Å². The van der Waals surface area contributed by atoms with Crippen LogP contribution in [0.15, 0.2) is 16.6 Å². The first-order chi connectivity index (χ1) is 8.66. The Morgan fingerprint density at radius 2 is 2.06 bits per heavy atom. The fourth-order valence-corrected chi connectivity index (χ4v) is 2.73. The third-order valence-electron chi connectivity index (χ3n) is 3.60. The number of hydrogen-bond acceptors (Lipinski definition) is 2. The number of hydrogen-bond donors (Lipinski definition) is 1. The molecule has 1 heterocycles. The molecule has 1 aliphatic heterocycles. The zero-order valence-electron chi connectivity index (χ0n) is 11.3. The molecule has 18 heavy (non-hydrogen) atoms. The van der Waals surface area contributed by atoms with Crippen LogP contribution in [-0.4, -0.2) is 19.7 Å². The smallest absolute Gasteiger partial charge is 0.119 e.